The van der Waals surface area contributed by atoms with Crippen molar-refractivity contribution in [2.45, 2.75) is 57.8 Å². The molecule has 1 aromatic rings. The van der Waals surface area contributed by atoms with Gasteiger partial charge >= 0.3 is 10.3 Å². The van der Waals surface area contributed by atoms with Crippen LogP contribution in [0.5, 0.6) is 11.5 Å². The van der Waals surface area contributed by atoms with E-state index >= 15 is 0 Å². The Hall–Kier alpha value is -1.27. The summed E-state index contributed by atoms with van der Waals surface area (Å²) in [7, 11) is -2.52. The second-order valence-electron chi connectivity index (χ2n) is 8.28. The summed E-state index contributed by atoms with van der Waals surface area (Å²) in [5, 5.41) is 5.04. The molecule has 0 bridgehead atoms. The van der Waals surface area contributed by atoms with E-state index in [0.717, 1.165) is 18.3 Å². The lowest BCUT2D eigenvalue weighted by Crippen LogP contribution is -2.39. The van der Waals surface area contributed by atoms with Crippen LogP contribution in [-0.2, 0) is 16.7 Å². The van der Waals surface area contributed by atoms with Crippen LogP contribution in [-0.4, -0.2) is 15.5 Å². The maximum Gasteiger partial charge on any atom is 0.380 e. The summed E-state index contributed by atoms with van der Waals surface area (Å²) < 4.78 is 33.0. The molecular weight excluding hydrogens is 338 g/mol. The number of nitrogens with two attached hydrogens (primary N) is 1. The van der Waals surface area contributed by atoms with Gasteiger partial charge in [0, 0.05) is 0 Å². The van der Waals surface area contributed by atoms with Crippen LogP contribution in [0.1, 0.15) is 62.5 Å². The minimum atomic E-state index is -4.06. The van der Waals surface area contributed by atoms with Gasteiger partial charge in [-0.2, -0.15) is 13.6 Å². The zero-order chi connectivity index (χ0) is 17.8. The smallest absolute Gasteiger partial charge is 0.380 e. The fourth-order valence-corrected chi connectivity index (χ4v) is 6.30. The van der Waals surface area contributed by atoms with Crippen LogP contribution in [0.25, 0.3) is 0 Å². The Labute approximate surface area is 150 Å². The minimum absolute atomic E-state index is 0.198. The van der Waals surface area contributed by atoms with Crippen molar-refractivity contribution in [2.75, 3.05) is 7.11 Å². The van der Waals surface area contributed by atoms with Gasteiger partial charge in [-0.25, -0.2) is 0 Å². The van der Waals surface area contributed by atoms with Crippen LogP contribution < -0.4 is 14.1 Å². The standard InChI is InChI=1S/C19H27NO4S/c1-19-8-3-4-16(19)14-6-5-12-10-18(24-25(20,21)22)17(23-2)11-15(12)13(14)7-9-19/h10-11,13-14,16H,3-9H2,1-2H3,(H2,20,21,22)/t13?,14?,16?,19-/m0/s1. The molecule has 0 aromatic heterocycles. The Balaban J connectivity index is 1.71. The molecule has 2 saturated carbocycles. The molecule has 138 valence electrons. The van der Waals surface area contributed by atoms with E-state index in [1.54, 1.807) is 0 Å². The quantitative estimate of drug-likeness (QED) is 0.889. The Bertz CT molecular complexity index is 791. The van der Waals surface area contributed by atoms with Gasteiger partial charge in [-0.3, -0.25) is 0 Å². The van der Waals surface area contributed by atoms with E-state index < -0.39 is 10.3 Å². The third-order valence-corrected chi connectivity index (χ3v) is 7.41. The Kier molecular flexibility index (Phi) is 4.03. The predicted molar refractivity (Wildman–Crippen MR) is 96.0 cm³/mol. The molecule has 4 atom stereocenters. The molecule has 3 unspecified atom stereocenters. The van der Waals surface area contributed by atoms with Crippen molar-refractivity contribution in [2.24, 2.45) is 22.4 Å². The molecule has 6 heteroatoms. The highest BCUT2D eigenvalue weighted by atomic mass is 32.2. The summed E-state index contributed by atoms with van der Waals surface area (Å²) in [4.78, 5) is 0. The van der Waals surface area contributed by atoms with Crippen LogP contribution in [0.15, 0.2) is 12.1 Å². The van der Waals surface area contributed by atoms with Crippen molar-refractivity contribution in [3.8, 4) is 11.5 Å². The van der Waals surface area contributed by atoms with Crippen LogP contribution in [0.2, 0.25) is 0 Å². The van der Waals surface area contributed by atoms with E-state index in [4.69, 9.17) is 14.1 Å². The predicted octanol–water partition coefficient (Wildman–Crippen LogP) is 3.52. The molecule has 3 aliphatic carbocycles. The Morgan fingerprint density at radius 3 is 2.68 bits per heavy atom. The van der Waals surface area contributed by atoms with Crippen molar-refractivity contribution in [1.82, 2.24) is 0 Å². The molecule has 0 heterocycles. The number of fused-ring (bicyclic) bond motifs is 5. The normalized spacial score (nSPS) is 34.0. The second-order valence-corrected chi connectivity index (χ2v) is 9.43. The maximum absolute atomic E-state index is 11.3. The molecule has 0 aliphatic heterocycles. The van der Waals surface area contributed by atoms with E-state index in [1.807, 2.05) is 12.1 Å². The van der Waals surface area contributed by atoms with Crippen LogP contribution in [0, 0.1) is 17.3 Å². The lowest BCUT2D eigenvalue weighted by atomic mass is 9.56. The first-order valence-electron chi connectivity index (χ1n) is 9.24. The van der Waals surface area contributed by atoms with Gasteiger partial charge in [-0.1, -0.05) is 13.3 Å². The monoisotopic (exact) mass is 365 g/mol. The average Bonchev–Trinajstić information content (AvgIpc) is 2.94. The number of rotatable bonds is 3. The molecule has 2 fully saturated rings. The largest absolute Gasteiger partial charge is 0.493 e. The van der Waals surface area contributed by atoms with Crippen molar-refractivity contribution in [1.29, 1.82) is 0 Å². The molecule has 0 amide bonds. The molecule has 0 spiro atoms. The van der Waals surface area contributed by atoms with E-state index in [1.165, 1.54) is 56.8 Å². The van der Waals surface area contributed by atoms with Gasteiger partial charge in [-0.05, 0) is 85.0 Å². The zero-order valence-corrected chi connectivity index (χ0v) is 15.8. The lowest BCUT2D eigenvalue weighted by molar-refractivity contribution is 0.0597. The zero-order valence-electron chi connectivity index (χ0n) is 15.0. The highest BCUT2D eigenvalue weighted by Gasteiger charge is 2.50. The van der Waals surface area contributed by atoms with Crippen molar-refractivity contribution in [3.63, 3.8) is 0 Å². The number of ether oxygens (including phenoxy) is 1. The number of methoxy groups -OCH3 is 1. The first-order chi connectivity index (χ1) is 11.8. The van der Waals surface area contributed by atoms with Crippen LogP contribution >= 0.6 is 0 Å². The number of aryl methyl sites for hydroxylation is 1. The van der Waals surface area contributed by atoms with E-state index in [-0.39, 0.29) is 5.75 Å². The summed E-state index contributed by atoms with van der Waals surface area (Å²) in [6.45, 7) is 2.49. The fraction of sp³-hybridized carbons (Fsp3) is 0.684. The molecule has 25 heavy (non-hydrogen) atoms. The summed E-state index contributed by atoms with van der Waals surface area (Å²) in [6, 6.07) is 3.81. The first-order valence-corrected chi connectivity index (χ1v) is 10.7. The Morgan fingerprint density at radius 2 is 1.96 bits per heavy atom. The Morgan fingerprint density at radius 1 is 1.16 bits per heavy atom. The molecule has 4 rings (SSSR count). The summed E-state index contributed by atoms with van der Waals surface area (Å²) in [6.07, 6.45) is 8.74. The molecular formula is C19H27NO4S. The number of hydrogen-bond donors (Lipinski definition) is 1. The van der Waals surface area contributed by atoms with E-state index in [9.17, 15) is 8.42 Å². The molecule has 0 radical (unpaired) electrons. The van der Waals surface area contributed by atoms with Crippen molar-refractivity contribution in [3.05, 3.63) is 23.3 Å². The topological polar surface area (TPSA) is 78.6 Å². The van der Waals surface area contributed by atoms with Crippen LogP contribution in [0.3, 0.4) is 0 Å². The maximum atomic E-state index is 11.3. The first kappa shape index (κ1) is 17.2. The second kappa shape index (κ2) is 5.88. The highest BCUT2D eigenvalue weighted by Crippen LogP contribution is 2.61. The molecule has 5 nitrogen and oxygen atoms in total. The van der Waals surface area contributed by atoms with Gasteiger partial charge in [0.1, 0.15) is 0 Å². The fourth-order valence-electron chi connectivity index (χ4n) is 5.92. The minimum Gasteiger partial charge on any atom is -0.493 e. The van der Waals surface area contributed by atoms with Crippen molar-refractivity contribution >= 4 is 10.3 Å². The van der Waals surface area contributed by atoms with Gasteiger partial charge in [0.05, 0.1) is 7.11 Å². The molecule has 3 aliphatic rings. The average molecular weight is 365 g/mol. The third-order valence-electron chi connectivity index (χ3n) is 7.00. The number of hydrogen-bond acceptors (Lipinski definition) is 4. The van der Waals surface area contributed by atoms with Crippen molar-refractivity contribution < 1.29 is 17.3 Å². The van der Waals surface area contributed by atoms with E-state index in [2.05, 4.69) is 6.92 Å². The molecule has 0 saturated heterocycles. The van der Waals surface area contributed by atoms with Gasteiger partial charge < -0.3 is 8.92 Å². The molecule has 1 aromatic carbocycles. The molecule has 2 N–H and O–H groups in total. The van der Waals surface area contributed by atoms with E-state index in [0.29, 0.717) is 17.1 Å². The summed E-state index contributed by atoms with van der Waals surface area (Å²) in [5.41, 5.74) is 3.03. The van der Waals surface area contributed by atoms with Crippen LogP contribution in [0.4, 0.5) is 0 Å². The van der Waals surface area contributed by atoms with Gasteiger partial charge in [-0.15, -0.1) is 0 Å². The lowest BCUT2D eigenvalue weighted by Gasteiger charge is -2.49. The number of benzene rings is 1. The summed E-state index contributed by atoms with van der Waals surface area (Å²) >= 11 is 0. The van der Waals surface area contributed by atoms with Gasteiger partial charge in [0.25, 0.3) is 0 Å². The summed E-state index contributed by atoms with van der Waals surface area (Å²) in [5.74, 6) is 2.77. The van der Waals surface area contributed by atoms with Gasteiger partial charge in [0.15, 0.2) is 11.5 Å². The highest BCUT2D eigenvalue weighted by molar-refractivity contribution is 7.84. The third kappa shape index (κ3) is 2.93. The SMILES string of the molecule is COc1cc2c(cc1OS(N)(=O)=O)CCC1C2CC[C@]2(C)CCCC12. The van der Waals surface area contributed by atoms with Gasteiger partial charge in [0.2, 0.25) is 0 Å².